The maximum atomic E-state index is 5.54. The summed E-state index contributed by atoms with van der Waals surface area (Å²) in [6.45, 7) is 3.87. The first-order valence-corrected chi connectivity index (χ1v) is 9.56. The van der Waals surface area contributed by atoms with Crippen molar-refractivity contribution in [3.8, 4) is 17.1 Å². The van der Waals surface area contributed by atoms with Crippen LogP contribution in [0, 0.1) is 0 Å². The summed E-state index contributed by atoms with van der Waals surface area (Å²) in [5, 5.41) is 4.18. The van der Waals surface area contributed by atoms with Crippen molar-refractivity contribution in [2.75, 3.05) is 13.7 Å². The number of ether oxygens (including phenoxy) is 1. The molecular weight excluding hydrogens is 338 g/mol. The third-order valence-corrected chi connectivity index (χ3v) is 5.29. The largest absolute Gasteiger partial charge is 0.497 e. The Morgan fingerprint density at radius 3 is 2.59 bits per heavy atom. The van der Waals surface area contributed by atoms with Gasteiger partial charge < -0.3 is 9.26 Å². The van der Waals surface area contributed by atoms with Crippen LogP contribution in [0.4, 0.5) is 0 Å². The van der Waals surface area contributed by atoms with Crippen molar-refractivity contribution in [2.24, 2.45) is 0 Å². The summed E-state index contributed by atoms with van der Waals surface area (Å²) in [6.07, 6.45) is 3.35. The molecule has 0 radical (unpaired) electrons. The van der Waals surface area contributed by atoms with Crippen LogP contribution in [0.5, 0.6) is 5.75 Å². The minimum Gasteiger partial charge on any atom is -0.497 e. The second-order valence-corrected chi connectivity index (χ2v) is 6.96. The van der Waals surface area contributed by atoms with E-state index in [0.29, 0.717) is 24.3 Å². The van der Waals surface area contributed by atoms with E-state index < -0.39 is 0 Å². The predicted molar refractivity (Wildman–Crippen MR) is 104 cm³/mol. The molecule has 0 bridgehead atoms. The molecule has 5 nitrogen and oxygen atoms in total. The monoisotopic (exact) mass is 363 g/mol. The molecule has 0 spiro atoms. The summed E-state index contributed by atoms with van der Waals surface area (Å²) in [7, 11) is 1.69. The number of hydrogen-bond acceptors (Lipinski definition) is 5. The molecule has 2 heterocycles. The van der Waals surface area contributed by atoms with Gasteiger partial charge in [-0.3, -0.25) is 4.90 Å². The molecule has 1 saturated heterocycles. The van der Waals surface area contributed by atoms with Crippen LogP contribution in [0.2, 0.25) is 0 Å². The van der Waals surface area contributed by atoms with Crippen LogP contribution < -0.4 is 4.74 Å². The van der Waals surface area contributed by atoms with E-state index in [9.17, 15) is 0 Å². The molecule has 1 atom stereocenters. The Hall–Kier alpha value is -2.66. The minimum absolute atomic E-state index is 0.384. The van der Waals surface area contributed by atoms with Crippen LogP contribution in [-0.4, -0.2) is 28.7 Å². The van der Waals surface area contributed by atoms with Crippen LogP contribution in [0.3, 0.4) is 0 Å². The summed E-state index contributed by atoms with van der Waals surface area (Å²) in [4.78, 5) is 7.03. The van der Waals surface area contributed by atoms with Gasteiger partial charge in [0, 0.05) is 11.6 Å². The topological polar surface area (TPSA) is 51.4 Å². The maximum absolute atomic E-state index is 5.54. The Morgan fingerprint density at radius 1 is 1.11 bits per heavy atom. The molecule has 1 aliphatic heterocycles. The fourth-order valence-corrected chi connectivity index (χ4v) is 3.72. The van der Waals surface area contributed by atoms with Gasteiger partial charge in [0.2, 0.25) is 11.7 Å². The Balaban J connectivity index is 1.47. The van der Waals surface area contributed by atoms with Crippen molar-refractivity contribution in [3.63, 3.8) is 0 Å². The molecule has 1 fully saturated rings. The maximum Gasteiger partial charge on any atom is 0.241 e. The van der Waals surface area contributed by atoms with Crippen molar-refractivity contribution in [1.82, 2.24) is 15.0 Å². The quantitative estimate of drug-likeness (QED) is 0.638. The summed E-state index contributed by atoms with van der Waals surface area (Å²) < 4.78 is 10.8. The zero-order chi connectivity index (χ0) is 18.6. The number of nitrogens with zero attached hydrogens (tertiary/aromatic N) is 3. The van der Waals surface area contributed by atoms with E-state index in [1.54, 1.807) is 7.11 Å². The van der Waals surface area contributed by atoms with Gasteiger partial charge in [-0.2, -0.15) is 4.98 Å². The lowest BCUT2D eigenvalue weighted by atomic mass is 10.0. The van der Waals surface area contributed by atoms with Gasteiger partial charge in [0.15, 0.2) is 0 Å². The van der Waals surface area contributed by atoms with Gasteiger partial charge in [-0.15, -0.1) is 0 Å². The first-order chi connectivity index (χ1) is 13.3. The lowest BCUT2D eigenvalue weighted by molar-refractivity contribution is 0.212. The molecule has 4 rings (SSSR count). The molecule has 27 heavy (non-hydrogen) atoms. The molecule has 140 valence electrons. The smallest absolute Gasteiger partial charge is 0.241 e. The van der Waals surface area contributed by atoms with E-state index >= 15 is 0 Å². The van der Waals surface area contributed by atoms with Gasteiger partial charge in [-0.1, -0.05) is 48.5 Å². The second-order valence-electron chi connectivity index (χ2n) is 6.96. The van der Waals surface area contributed by atoms with Gasteiger partial charge in [0.25, 0.3) is 0 Å². The Labute approximate surface area is 160 Å². The van der Waals surface area contributed by atoms with Crippen LogP contribution in [0.25, 0.3) is 11.4 Å². The van der Waals surface area contributed by atoms with Crippen LogP contribution in [0.15, 0.2) is 53.1 Å². The fourth-order valence-electron chi connectivity index (χ4n) is 3.72. The molecule has 5 heteroatoms. The highest BCUT2D eigenvalue weighted by molar-refractivity contribution is 5.54. The molecule has 1 aliphatic rings. The Kier molecular flexibility index (Phi) is 5.21. The van der Waals surface area contributed by atoms with Crippen molar-refractivity contribution < 1.29 is 9.26 Å². The zero-order valence-corrected chi connectivity index (χ0v) is 15.9. The second kappa shape index (κ2) is 7.92. The van der Waals surface area contributed by atoms with Gasteiger partial charge in [-0.05, 0) is 49.1 Å². The molecule has 0 N–H and O–H groups in total. The molecule has 1 unspecified atom stereocenters. The fraction of sp³-hybridized carbons (Fsp3) is 0.364. The van der Waals surface area contributed by atoms with Gasteiger partial charge in [0.1, 0.15) is 5.75 Å². The van der Waals surface area contributed by atoms with E-state index in [0.717, 1.165) is 30.7 Å². The van der Waals surface area contributed by atoms with Crippen LogP contribution in [0.1, 0.15) is 42.8 Å². The van der Waals surface area contributed by atoms with Gasteiger partial charge in [0.05, 0.1) is 13.7 Å². The van der Waals surface area contributed by atoms with E-state index in [4.69, 9.17) is 9.26 Å². The van der Waals surface area contributed by atoms with E-state index in [1.165, 1.54) is 17.5 Å². The lowest BCUT2D eigenvalue weighted by Gasteiger charge is -2.23. The zero-order valence-electron chi connectivity index (χ0n) is 15.9. The molecule has 0 saturated carbocycles. The number of methoxy groups -OCH3 is 1. The molecule has 0 aliphatic carbocycles. The summed E-state index contributed by atoms with van der Waals surface area (Å²) in [5.74, 6) is 2.22. The highest BCUT2D eigenvalue weighted by atomic mass is 16.5. The number of benzene rings is 2. The third-order valence-electron chi connectivity index (χ3n) is 5.29. The van der Waals surface area contributed by atoms with Crippen LogP contribution >= 0.6 is 0 Å². The Bertz CT molecular complexity index is 871. The predicted octanol–water partition coefficient (Wildman–Crippen LogP) is 4.64. The number of aromatic nitrogens is 2. The molecule has 0 amide bonds. The third kappa shape index (κ3) is 3.88. The van der Waals surface area contributed by atoms with Crippen molar-refractivity contribution in [3.05, 3.63) is 65.5 Å². The minimum atomic E-state index is 0.384. The van der Waals surface area contributed by atoms with E-state index in [1.807, 2.05) is 12.1 Å². The summed E-state index contributed by atoms with van der Waals surface area (Å²) >= 11 is 0. The number of rotatable bonds is 6. The first kappa shape index (κ1) is 17.7. The summed E-state index contributed by atoms with van der Waals surface area (Å²) in [6, 6.07) is 17.1. The van der Waals surface area contributed by atoms with Crippen molar-refractivity contribution in [2.45, 2.75) is 38.8 Å². The highest BCUT2D eigenvalue weighted by Crippen LogP contribution is 2.33. The normalized spacial score (nSPS) is 17.3. The average molecular weight is 363 g/mol. The molecule has 2 aromatic carbocycles. The summed E-state index contributed by atoms with van der Waals surface area (Å²) in [5.41, 5.74) is 3.61. The Morgan fingerprint density at radius 2 is 1.89 bits per heavy atom. The average Bonchev–Trinajstić information content (AvgIpc) is 3.38. The van der Waals surface area contributed by atoms with E-state index in [-0.39, 0.29) is 0 Å². The van der Waals surface area contributed by atoms with Gasteiger partial charge in [-0.25, -0.2) is 0 Å². The van der Waals surface area contributed by atoms with Crippen LogP contribution in [-0.2, 0) is 13.0 Å². The molecule has 1 aromatic heterocycles. The molecule has 3 aromatic rings. The van der Waals surface area contributed by atoms with Crippen molar-refractivity contribution >= 4 is 0 Å². The van der Waals surface area contributed by atoms with Gasteiger partial charge >= 0.3 is 0 Å². The highest BCUT2D eigenvalue weighted by Gasteiger charge is 2.27. The van der Waals surface area contributed by atoms with E-state index in [2.05, 4.69) is 58.4 Å². The first-order valence-electron chi connectivity index (χ1n) is 9.56. The number of aryl methyl sites for hydroxylation is 1. The van der Waals surface area contributed by atoms with Crippen molar-refractivity contribution in [1.29, 1.82) is 0 Å². The number of likely N-dealkylation sites (tertiary alicyclic amines) is 1. The number of hydrogen-bond donors (Lipinski definition) is 0. The standard InChI is InChI=1S/C22H25N3O2/c1-3-16-6-8-18(9-7-16)22-23-21(27-24-22)15-25-14-4-5-20(25)17-10-12-19(26-2)13-11-17/h6-13,20H,3-5,14-15H2,1-2H3. The molecular formula is C22H25N3O2. The SMILES string of the molecule is CCc1ccc(-c2noc(CN3CCCC3c3ccc(OC)cc3)n2)cc1. The lowest BCUT2D eigenvalue weighted by Crippen LogP contribution is -2.22.